The molecule has 0 aliphatic carbocycles. The number of aromatic nitrogens is 1. The number of ether oxygens (including phenoxy) is 1. The quantitative estimate of drug-likeness (QED) is 0.417. The Morgan fingerprint density at radius 2 is 2.32 bits per heavy atom. The summed E-state index contributed by atoms with van der Waals surface area (Å²) < 4.78 is 5.88. The first-order valence-corrected chi connectivity index (χ1v) is 10.1. The third kappa shape index (κ3) is 7.71. The van der Waals surface area contributed by atoms with Gasteiger partial charge in [0.1, 0.15) is 0 Å². The Balaban J connectivity index is 1.62. The lowest BCUT2D eigenvalue weighted by molar-refractivity contribution is -0.0284. The highest BCUT2D eigenvalue weighted by molar-refractivity contribution is 7.09. The first kappa shape index (κ1) is 20.1. The molecule has 1 aliphatic heterocycles. The van der Waals surface area contributed by atoms with Crippen molar-refractivity contribution in [2.75, 3.05) is 46.4 Å². The molecule has 1 atom stereocenters. The van der Waals surface area contributed by atoms with Gasteiger partial charge in [0.25, 0.3) is 0 Å². The Morgan fingerprint density at radius 1 is 1.48 bits per heavy atom. The average molecular weight is 368 g/mol. The SMILES string of the molecule is CN=C(NCCCc1nc(C)cs1)NCC1CN(CC(C)C)CCO1. The minimum atomic E-state index is 0.226. The number of nitrogens with zero attached hydrogens (tertiary/aromatic N) is 3. The molecule has 6 nitrogen and oxygen atoms in total. The maximum absolute atomic E-state index is 5.88. The highest BCUT2D eigenvalue weighted by Crippen LogP contribution is 2.10. The number of aliphatic imine (C=N–C) groups is 1. The molecule has 1 unspecified atom stereocenters. The summed E-state index contributed by atoms with van der Waals surface area (Å²) in [6.07, 6.45) is 2.29. The largest absolute Gasteiger partial charge is 0.374 e. The van der Waals surface area contributed by atoms with Gasteiger partial charge >= 0.3 is 0 Å². The summed E-state index contributed by atoms with van der Waals surface area (Å²) in [5.74, 6) is 1.54. The van der Waals surface area contributed by atoms with Gasteiger partial charge in [0.2, 0.25) is 0 Å². The van der Waals surface area contributed by atoms with E-state index in [0.717, 1.165) is 63.8 Å². The van der Waals surface area contributed by atoms with Gasteiger partial charge in [-0.3, -0.25) is 9.89 Å². The molecule has 1 aromatic heterocycles. The molecular weight excluding hydrogens is 334 g/mol. The fourth-order valence-electron chi connectivity index (χ4n) is 2.98. The summed E-state index contributed by atoms with van der Waals surface area (Å²) >= 11 is 1.74. The normalized spacial score (nSPS) is 19.4. The van der Waals surface area contributed by atoms with E-state index in [1.165, 1.54) is 5.01 Å². The molecule has 0 spiro atoms. The summed E-state index contributed by atoms with van der Waals surface area (Å²) in [6, 6.07) is 0. The van der Waals surface area contributed by atoms with E-state index in [-0.39, 0.29) is 6.10 Å². The second-order valence-electron chi connectivity index (χ2n) is 7.01. The molecular formula is C18H33N5OS. The van der Waals surface area contributed by atoms with Crippen molar-refractivity contribution in [1.82, 2.24) is 20.5 Å². The Labute approximate surface area is 156 Å². The maximum Gasteiger partial charge on any atom is 0.191 e. The zero-order valence-corrected chi connectivity index (χ0v) is 16.9. The van der Waals surface area contributed by atoms with Crippen LogP contribution in [0.5, 0.6) is 0 Å². The lowest BCUT2D eigenvalue weighted by Gasteiger charge is -2.34. The van der Waals surface area contributed by atoms with Gasteiger partial charge < -0.3 is 15.4 Å². The summed E-state index contributed by atoms with van der Waals surface area (Å²) in [7, 11) is 1.81. The molecule has 0 amide bonds. The minimum absolute atomic E-state index is 0.226. The van der Waals surface area contributed by atoms with Crippen molar-refractivity contribution in [2.24, 2.45) is 10.9 Å². The smallest absolute Gasteiger partial charge is 0.191 e. The third-order valence-electron chi connectivity index (χ3n) is 4.09. The van der Waals surface area contributed by atoms with Crippen molar-refractivity contribution in [2.45, 2.75) is 39.7 Å². The molecule has 0 saturated carbocycles. The van der Waals surface area contributed by atoms with Crippen LogP contribution in [0.1, 0.15) is 31.0 Å². The molecule has 1 saturated heterocycles. The lowest BCUT2D eigenvalue weighted by atomic mass is 10.2. The topological polar surface area (TPSA) is 61.8 Å². The summed E-state index contributed by atoms with van der Waals surface area (Å²) in [4.78, 5) is 11.3. The van der Waals surface area contributed by atoms with Crippen molar-refractivity contribution in [3.8, 4) is 0 Å². The molecule has 2 heterocycles. The molecule has 7 heteroatoms. The highest BCUT2D eigenvalue weighted by atomic mass is 32.1. The van der Waals surface area contributed by atoms with Gasteiger partial charge in [-0.05, 0) is 19.3 Å². The molecule has 2 rings (SSSR count). The molecule has 1 aromatic rings. The van der Waals surface area contributed by atoms with Crippen LogP contribution in [0.3, 0.4) is 0 Å². The second kappa shape index (κ2) is 10.7. The molecule has 0 radical (unpaired) electrons. The van der Waals surface area contributed by atoms with E-state index in [0.29, 0.717) is 5.92 Å². The van der Waals surface area contributed by atoms with Gasteiger partial charge in [0.15, 0.2) is 5.96 Å². The van der Waals surface area contributed by atoms with E-state index in [4.69, 9.17) is 4.74 Å². The Kier molecular flexibility index (Phi) is 8.64. The number of guanidine groups is 1. The van der Waals surface area contributed by atoms with Crippen LogP contribution < -0.4 is 10.6 Å². The van der Waals surface area contributed by atoms with E-state index < -0.39 is 0 Å². The van der Waals surface area contributed by atoms with E-state index in [1.807, 2.05) is 14.0 Å². The summed E-state index contributed by atoms with van der Waals surface area (Å²) in [5, 5.41) is 10.1. The van der Waals surface area contributed by atoms with Crippen LogP contribution >= 0.6 is 11.3 Å². The number of morpholine rings is 1. The monoisotopic (exact) mass is 367 g/mol. The van der Waals surface area contributed by atoms with Crippen LogP contribution in [0.25, 0.3) is 0 Å². The highest BCUT2D eigenvalue weighted by Gasteiger charge is 2.20. The van der Waals surface area contributed by atoms with Crippen LogP contribution in [-0.2, 0) is 11.2 Å². The van der Waals surface area contributed by atoms with Crippen LogP contribution in [0.4, 0.5) is 0 Å². The van der Waals surface area contributed by atoms with Crippen molar-refractivity contribution in [3.05, 3.63) is 16.1 Å². The molecule has 1 fully saturated rings. The molecule has 0 aromatic carbocycles. The van der Waals surface area contributed by atoms with Gasteiger partial charge in [-0.15, -0.1) is 11.3 Å². The Morgan fingerprint density at radius 3 is 3.00 bits per heavy atom. The molecule has 25 heavy (non-hydrogen) atoms. The van der Waals surface area contributed by atoms with Gasteiger partial charge in [0, 0.05) is 57.3 Å². The number of aryl methyl sites for hydroxylation is 2. The maximum atomic E-state index is 5.88. The minimum Gasteiger partial charge on any atom is -0.374 e. The van der Waals surface area contributed by atoms with Crippen LogP contribution in [0.2, 0.25) is 0 Å². The Bertz CT molecular complexity index is 531. The van der Waals surface area contributed by atoms with Crippen molar-refractivity contribution >= 4 is 17.3 Å². The lowest BCUT2D eigenvalue weighted by Crippen LogP contribution is -2.50. The molecule has 0 bridgehead atoms. The van der Waals surface area contributed by atoms with Crippen LogP contribution in [0, 0.1) is 12.8 Å². The van der Waals surface area contributed by atoms with Crippen LogP contribution in [0.15, 0.2) is 10.4 Å². The van der Waals surface area contributed by atoms with E-state index in [9.17, 15) is 0 Å². The second-order valence-corrected chi connectivity index (χ2v) is 7.95. The van der Waals surface area contributed by atoms with Crippen molar-refractivity contribution in [3.63, 3.8) is 0 Å². The number of thiazole rings is 1. The molecule has 2 N–H and O–H groups in total. The number of nitrogens with one attached hydrogen (secondary N) is 2. The van der Waals surface area contributed by atoms with Gasteiger partial charge in [-0.2, -0.15) is 0 Å². The van der Waals surface area contributed by atoms with Crippen molar-refractivity contribution < 1.29 is 4.74 Å². The Hall–Kier alpha value is -1.18. The van der Waals surface area contributed by atoms with Gasteiger partial charge in [-0.25, -0.2) is 4.98 Å². The van der Waals surface area contributed by atoms with Crippen LogP contribution in [-0.4, -0.2) is 68.3 Å². The van der Waals surface area contributed by atoms with E-state index in [1.54, 1.807) is 11.3 Å². The van der Waals surface area contributed by atoms with E-state index >= 15 is 0 Å². The van der Waals surface area contributed by atoms with E-state index in [2.05, 4.69) is 44.7 Å². The number of rotatable bonds is 8. The summed E-state index contributed by atoms with van der Waals surface area (Å²) in [5.41, 5.74) is 1.12. The first-order chi connectivity index (χ1) is 12.1. The number of hydrogen-bond acceptors (Lipinski definition) is 5. The van der Waals surface area contributed by atoms with Gasteiger partial charge in [0.05, 0.1) is 17.7 Å². The first-order valence-electron chi connectivity index (χ1n) is 9.26. The zero-order valence-electron chi connectivity index (χ0n) is 16.0. The third-order valence-corrected chi connectivity index (χ3v) is 5.12. The zero-order chi connectivity index (χ0) is 18.1. The summed E-state index contributed by atoms with van der Waals surface area (Å²) in [6.45, 7) is 12.2. The standard InChI is InChI=1S/C18H33N5OS/c1-14(2)11-23-8-9-24-16(12-23)10-21-18(19-4)20-7-5-6-17-22-15(3)13-25-17/h13-14,16H,5-12H2,1-4H3,(H2,19,20,21). The van der Waals surface area contributed by atoms with Crippen molar-refractivity contribution in [1.29, 1.82) is 0 Å². The molecule has 1 aliphatic rings. The predicted octanol–water partition coefficient (Wildman–Crippen LogP) is 1.91. The average Bonchev–Trinajstić information content (AvgIpc) is 2.99. The predicted molar refractivity (Wildman–Crippen MR) is 106 cm³/mol. The van der Waals surface area contributed by atoms with Gasteiger partial charge in [-0.1, -0.05) is 13.8 Å². The number of hydrogen-bond donors (Lipinski definition) is 2. The molecule has 142 valence electrons. The fourth-order valence-corrected chi connectivity index (χ4v) is 3.80. The fraction of sp³-hybridized carbons (Fsp3) is 0.778.